The minimum Gasteiger partial charge on any atom is -0.492 e. The third kappa shape index (κ3) is 5.97. The number of anilines is 1. The molecule has 2 rings (SSSR count). The zero-order chi connectivity index (χ0) is 20.2. The molecular weight excluding hydrogens is 432 g/mol. The number of nitrogens with one attached hydrogen (secondary N) is 2. The van der Waals surface area contributed by atoms with Crippen LogP contribution in [0.15, 0.2) is 51.8 Å². The van der Waals surface area contributed by atoms with Gasteiger partial charge in [0, 0.05) is 21.3 Å². The summed E-state index contributed by atoms with van der Waals surface area (Å²) in [7, 11) is -3.86. The van der Waals surface area contributed by atoms with E-state index in [9.17, 15) is 13.2 Å². The molecule has 0 heterocycles. The minimum atomic E-state index is -3.86. The Labute approximate surface area is 168 Å². The van der Waals surface area contributed by atoms with Crippen molar-refractivity contribution in [1.29, 1.82) is 0 Å². The third-order valence-electron chi connectivity index (χ3n) is 3.38. The minimum absolute atomic E-state index is 0.0354. The molecule has 2 N–H and O–H groups in total. The second-order valence-corrected chi connectivity index (χ2v) is 9.48. The first kappa shape index (κ1) is 21.2. The molecule has 146 valence electrons. The predicted molar refractivity (Wildman–Crippen MR) is 110 cm³/mol. The number of halogens is 1. The quantitative estimate of drug-likeness (QED) is 0.685. The largest absolute Gasteiger partial charge is 0.492 e. The highest BCUT2D eigenvalue weighted by molar-refractivity contribution is 9.10. The Kier molecular flexibility index (Phi) is 6.54. The number of rotatable bonds is 6. The molecule has 0 bridgehead atoms. The average molecular weight is 455 g/mol. The number of carbonyl (C=O) groups is 1. The van der Waals surface area contributed by atoms with E-state index in [0.29, 0.717) is 22.3 Å². The van der Waals surface area contributed by atoms with Gasteiger partial charge in [0.2, 0.25) is 0 Å². The van der Waals surface area contributed by atoms with E-state index in [1.54, 1.807) is 43.3 Å². The highest BCUT2D eigenvalue weighted by atomic mass is 79.9. The summed E-state index contributed by atoms with van der Waals surface area (Å²) in [5, 5.41) is 2.86. The van der Waals surface area contributed by atoms with E-state index in [4.69, 9.17) is 4.74 Å². The van der Waals surface area contributed by atoms with E-state index < -0.39 is 10.0 Å². The van der Waals surface area contributed by atoms with Crippen LogP contribution in [0.4, 0.5) is 5.69 Å². The van der Waals surface area contributed by atoms with Crippen molar-refractivity contribution in [3.8, 4) is 5.75 Å². The van der Waals surface area contributed by atoms with Crippen LogP contribution in [0.25, 0.3) is 0 Å². The van der Waals surface area contributed by atoms with Gasteiger partial charge in [0.15, 0.2) is 0 Å². The summed E-state index contributed by atoms with van der Waals surface area (Å²) in [4.78, 5) is 12.2. The van der Waals surface area contributed by atoms with Crippen LogP contribution in [0, 0.1) is 0 Å². The lowest BCUT2D eigenvalue weighted by Gasteiger charge is -2.20. The van der Waals surface area contributed by atoms with Crippen LogP contribution in [0.5, 0.6) is 5.75 Å². The zero-order valence-electron chi connectivity index (χ0n) is 15.7. The molecule has 0 fully saturated rings. The highest BCUT2D eigenvalue weighted by Gasteiger charge is 2.21. The molecule has 8 heteroatoms. The van der Waals surface area contributed by atoms with Crippen LogP contribution >= 0.6 is 15.9 Å². The second-order valence-electron chi connectivity index (χ2n) is 6.91. The number of carbonyl (C=O) groups excluding carboxylic acids is 1. The van der Waals surface area contributed by atoms with Gasteiger partial charge in [-0.25, -0.2) is 8.42 Å². The van der Waals surface area contributed by atoms with Gasteiger partial charge in [0.1, 0.15) is 10.6 Å². The van der Waals surface area contributed by atoms with Crippen LogP contribution in [0.2, 0.25) is 0 Å². The van der Waals surface area contributed by atoms with Crippen LogP contribution in [0.3, 0.4) is 0 Å². The third-order valence-corrected chi connectivity index (χ3v) is 5.28. The average Bonchev–Trinajstić information content (AvgIpc) is 2.55. The summed E-state index contributed by atoms with van der Waals surface area (Å²) in [6, 6.07) is 11.0. The molecular formula is C19H23BrN2O4S. The number of ether oxygens (including phenoxy) is 1. The maximum atomic E-state index is 12.8. The molecule has 0 atom stereocenters. The van der Waals surface area contributed by atoms with Gasteiger partial charge in [-0.05, 0) is 70.2 Å². The zero-order valence-corrected chi connectivity index (χ0v) is 18.1. The summed E-state index contributed by atoms with van der Waals surface area (Å²) in [5.41, 5.74) is 0.448. The monoisotopic (exact) mass is 454 g/mol. The van der Waals surface area contributed by atoms with Gasteiger partial charge >= 0.3 is 0 Å². The lowest BCUT2D eigenvalue weighted by Crippen LogP contribution is -2.40. The van der Waals surface area contributed by atoms with Gasteiger partial charge in [-0.3, -0.25) is 9.52 Å². The molecule has 2 aromatic carbocycles. The molecule has 0 unspecified atom stereocenters. The molecule has 6 nitrogen and oxygen atoms in total. The van der Waals surface area contributed by atoms with Gasteiger partial charge in [0.05, 0.1) is 6.61 Å². The summed E-state index contributed by atoms with van der Waals surface area (Å²) in [6.07, 6.45) is 0. The van der Waals surface area contributed by atoms with Gasteiger partial charge in [-0.1, -0.05) is 15.9 Å². The number of benzene rings is 2. The number of hydrogen-bond acceptors (Lipinski definition) is 4. The van der Waals surface area contributed by atoms with Crippen LogP contribution in [-0.2, 0) is 10.0 Å². The Morgan fingerprint density at radius 3 is 2.30 bits per heavy atom. The van der Waals surface area contributed by atoms with Crippen molar-refractivity contribution in [3.63, 3.8) is 0 Å². The molecule has 0 radical (unpaired) electrons. The summed E-state index contributed by atoms with van der Waals surface area (Å²) in [6.45, 7) is 7.80. The maximum absolute atomic E-state index is 12.8. The summed E-state index contributed by atoms with van der Waals surface area (Å²) in [5.74, 6) is 0.0527. The molecule has 0 saturated carbocycles. The highest BCUT2D eigenvalue weighted by Crippen LogP contribution is 2.29. The Hall–Kier alpha value is -2.06. The maximum Gasteiger partial charge on any atom is 0.265 e. The molecule has 0 aromatic heterocycles. The van der Waals surface area contributed by atoms with E-state index in [-0.39, 0.29) is 22.1 Å². The smallest absolute Gasteiger partial charge is 0.265 e. The first-order valence-electron chi connectivity index (χ1n) is 8.39. The molecule has 0 spiro atoms. The van der Waals surface area contributed by atoms with Gasteiger partial charge in [0.25, 0.3) is 15.9 Å². The van der Waals surface area contributed by atoms with E-state index in [1.807, 2.05) is 20.8 Å². The van der Waals surface area contributed by atoms with Crippen molar-refractivity contribution >= 4 is 37.5 Å². The van der Waals surface area contributed by atoms with Crippen molar-refractivity contribution in [2.24, 2.45) is 0 Å². The normalized spacial score (nSPS) is 11.7. The predicted octanol–water partition coefficient (Wildman–Crippen LogP) is 4.18. The number of sulfonamides is 1. The standard InChI is InChI=1S/C19H23BrN2O4S/c1-5-26-16-11-8-14(20)12-17(16)27(24,25)22-15-9-6-13(7-10-15)18(23)21-19(2,3)4/h6-12,22H,5H2,1-4H3,(H,21,23). The molecule has 0 aliphatic rings. The van der Waals surface area contributed by atoms with E-state index >= 15 is 0 Å². The van der Waals surface area contributed by atoms with Gasteiger partial charge in [-0.15, -0.1) is 0 Å². The van der Waals surface area contributed by atoms with Crippen LogP contribution < -0.4 is 14.8 Å². The van der Waals surface area contributed by atoms with Crippen LogP contribution in [0.1, 0.15) is 38.1 Å². The van der Waals surface area contributed by atoms with Gasteiger partial charge in [-0.2, -0.15) is 0 Å². The molecule has 0 aliphatic heterocycles. The molecule has 2 aromatic rings. The summed E-state index contributed by atoms with van der Waals surface area (Å²) < 4.78 is 34.1. The van der Waals surface area contributed by atoms with Crippen molar-refractivity contribution in [1.82, 2.24) is 5.32 Å². The number of amides is 1. The van der Waals surface area contributed by atoms with Gasteiger partial charge < -0.3 is 10.1 Å². The fraction of sp³-hybridized carbons (Fsp3) is 0.316. The Bertz CT molecular complexity index is 920. The van der Waals surface area contributed by atoms with Crippen molar-refractivity contribution < 1.29 is 17.9 Å². The summed E-state index contributed by atoms with van der Waals surface area (Å²) >= 11 is 3.28. The molecule has 0 aliphatic carbocycles. The van der Waals surface area contributed by atoms with E-state index in [2.05, 4.69) is 26.0 Å². The SMILES string of the molecule is CCOc1ccc(Br)cc1S(=O)(=O)Nc1ccc(C(=O)NC(C)(C)C)cc1. The second kappa shape index (κ2) is 8.31. The lowest BCUT2D eigenvalue weighted by atomic mass is 10.1. The van der Waals surface area contributed by atoms with E-state index in [1.165, 1.54) is 6.07 Å². The topological polar surface area (TPSA) is 84.5 Å². The van der Waals surface area contributed by atoms with Crippen molar-refractivity contribution in [2.75, 3.05) is 11.3 Å². The number of hydrogen-bond donors (Lipinski definition) is 2. The fourth-order valence-electron chi connectivity index (χ4n) is 2.28. The van der Waals surface area contributed by atoms with Crippen LogP contribution in [-0.4, -0.2) is 26.5 Å². The molecule has 0 saturated heterocycles. The molecule has 1 amide bonds. The Morgan fingerprint density at radius 2 is 1.74 bits per heavy atom. The first-order valence-corrected chi connectivity index (χ1v) is 10.7. The fourth-order valence-corrected chi connectivity index (χ4v) is 4.02. The lowest BCUT2D eigenvalue weighted by molar-refractivity contribution is 0.0919. The van der Waals surface area contributed by atoms with E-state index in [0.717, 1.165) is 0 Å². The Balaban J connectivity index is 2.24. The molecule has 27 heavy (non-hydrogen) atoms. The van der Waals surface area contributed by atoms with Crippen molar-refractivity contribution in [2.45, 2.75) is 38.1 Å². The Morgan fingerprint density at radius 1 is 1.11 bits per heavy atom. The van der Waals surface area contributed by atoms with Crippen molar-refractivity contribution in [3.05, 3.63) is 52.5 Å². The first-order chi connectivity index (χ1) is 12.5.